The van der Waals surface area contributed by atoms with Crippen LogP contribution in [0.1, 0.15) is 69.4 Å². The summed E-state index contributed by atoms with van der Waals surface area (Å²) in [6, 6.07) is 38.3. The number of thioether (sulfide) groups is 1. The number of ether oxygens (including phenoxy) is 9. The fraction of sp³-hybridized carbons (Fsp3) is 0.519. The fourth-order valence-electron chi connectivity index (χ4n) is 8.26. The van der Waals surface area contributed by atoms with Crippen LogP contribution in [0.5, 0.6) is 5.75 Å². The van der Waals surface area contributed by atoms with Gasteiger partial charge in [-0.1, -0.05) is 112 Å². The molecule has 4 aromatic rings. The van der Waals surface area contributed by atoms with Crippen LogP contribution in [0.25, 0.3) is 0 Å². The van der Waals surface area contributed by atoms with Gasteiger partial charge in [-0.3, -0.25) is 4.79 Å². The van der Waals surface area contributed by atoms with Gasteiger partial charge in [-0.05, 0) is 59.9 Å². The quantitative estimate of drug-likeness (QED) is 0.0478. The highest BCUT2D eigenvalue weighted by atomic mass is 32.2. The van der Waals surface area contributed by atoms with Crippen LogP contribution in [0.15, 0.2) is 120 Å². The van der Waals surface area contributed by atoms with E-state index in [1.165, 1.54) is 7.11 Å². The van der Waals surface area contributed by atoms with E-state index in [4.69, 9.17) is 47.1 Å². The van der Waals surface area contributed by atoms with Crippen LogP contribution in [0.2, 0.25) is 18.1 Å². The first-order valence-corrected chi connectivity index (χ1v) is 26.7. The highest BCUT2D eigenvalue weighted by Crippen LogP contribution is 2.43. The molecule has 7 rings (SSSR count). The van der Waals surface area contributed by atoms with Crippen LogP contribution in [-0.2, 0) is 60.3 Å². The van der Waals surface area contributed by atoms with Gasteiger partial charge in [0.25, 0.3) is 0 Å². The summed E-state index contributed by atoms with van der Waals surface area (Å²) in [5, 5.41) is -0.0758. The van der Waals surface area contributed by atoms with Gasteiger partial charge in [0.2, 0.25) is 0 Å². The minimum atomic E-state index is -2.26. The first-order chi connectivity index (χ1) is 31.4. The van der Waals surface area contributed by atoms with E-state index in [2.05, 4.69) is 58.1 Å². The van der Waals surface area contributed by atoms with Crippen molar-refractivity contribution in [2.45, 2.75) is 143 Å². The average Bonchev–Trinajstić information content (AvgIpc) is 3.31. The Kier molecular flexibility index (Phi) is 17.8. The minimum Gasteiger partial charge on any atom is -0.497 e. The fourth-order valence-corrected chi connectivity index (χ4v) is 10.7. The van der Waals surface area contributed by atoms with Crippen molar-refractivity contribution in [3.8, 4) is 5.75 Å². The van der Waals surface area contributed by atoms with Gasteiger partial charge in [0.05, 0.1) is 90.3 Å². The molecule has 11 nitrogen and oxygen atoms in total. The zero-order valence-electron chi connectivity index (χ0n) is 39.0. The zero-order valence-corrected chi connectivity index (χ0v) is 40.8. The van der Waals surface area contributed by atoms with Crippen molar-refractivity contribution in [1.29, 1.82) is 0 Å². The molecule has 0 radical (unpaired) electrons. The number of benzene rings is 4. The molecular formula is C52H68O11SSi. The van der Waals surface area contributed by atoms with Crippen LogP contribution < -0.4 is 4.74 Å². The molecule has 3 heterocycles. The van der Waals surface area contributed by atoms with Crippen molar-refractivity contribution >= 4 is 26.0 Å². The van der Waals surface area contributed by atoms with Gasteiger partial charge in [0.15, 0.2) is 14.6 Å². The zero-order chi connectivity index (χ0) is 45.8. The third-order valence-electron chi connectivity index (χ3n) is 13.0. The average molecular weight is 929 g/mol. The molecular weight excluding hydrogens is 861 g/mol. The van der Waals surface area contributed by atoms with Crippen molar-refractivity contribution in [3.05, 3.63) is 132 Å². The third kappa shape index (κ3) is 14.0. The lowest BCUT2D eigenvalue weighted by Gasteiger charge is -2.49. The SMILES string of the molecule is COC(=O)C[C@H]1O[C@@H](COCc2ccccc2)[C@H](OCc2ccccc2)C[C@@H]1OCC(C[C@@H]1O[C@@H]2CO[C@@H](c3ccc(OC)cc3)O[C@H]2C[C@H]1O[Si](C)(C)C(C)(C)C)Sc1ccccc1. The Morgan fingerprint density at radius 2 is 1.37 bits per heavy atom. The highest BCUT2D eigenvalue weighted by Gasteiger charge is 2.49. The first-order valence-electron chi connectivity index (χ1n) is 22.9. The first kappa shape index (κ1) is 49.3. The van der Waals surface area contributed by atoms with E-state index in [-0.39, 0.29) is 59.8 Å². The Hall–Kier alpha value is -3.60. The van der Waals surface area contributed by atoms with Gasteiger partial charge < -0.3 is 47.1 Å². The van der Waals surface area contributed by atoms with Crippen molar-refractivity contribution < 1.29 is 51.9 Å². The number of carbonyl (C=O) groups is 1. The van der Waals surface area contributed by atoms with E-state index in [1.807, 2.05) is 91.0 Å². The van der Waals surface area contributed by atoms with Gasteiger partial charge in [0.1, 0.15) is 18.0 Å². The summed E-state index contributed by atoms with van der Waals surface area (Å²) in [5.41, 5.74) is 3.05. The van der Waals surface area contributed by atoms with Crippen LogP contribution in [-0.4, -0.2) is 102 Å². The van der Waals surface area contributed by atoms with E-state index in [0.717, 1.165) is 27.3 Å². The van der Waals surface area contributed by atoms with Crippen LogP contribution in [0, 0.1) is 0 Å². The molecule has 0 N–H and O–H groups in total. The summed E-state index contributed by atoms with van der Waals surface area (Å²) in [6.45, 7) is 13.3. The molecule has 4 aromatic carbocycles. The Morgan fingerprint density at radius 1 is 0.723 bits per heavy atom. The summed E-state index contributed by atoms with van der Waals surface area (Å²) in [6.07, 6.45) is -1.47. The lowest BCUT2D eigenvalue weighted by molar-refractivity contribution is -0.301. The molecule has 3 fully saturated rings. The maximum atomic E-state index is 13.0. The molecule has 0 amide bonds. The summed E-state index contributed by atoms with van der Waals surface area (Å²) in [7, 11) is 0.799. The van der Waals surface area contributed by atoms with Crippen molar-refractivity contribution in [3.63, 3.8) is 0 Å². The number of rotatable bonds is 20. The molecule has 0 spiro atoms. The van der Waals surface area contributed by atoms with Crippen molar-refractivity contribution in [2.24, 2.45) is 0 Å². The van der Waals surface area contributed by atoms with Gasteiger partial charge in [-0.25, -0.2) is 0 Å². The number of hydrogen-bond donors (Lipinski definition) is 0. The van der Waals surface area contributed by atoms with E-state index in [1.54, 1.807) is 18.9 Å². The molecule has 3 aliphatic heterocycles. The molecule has 0 saturated carbocycles. The Labute approximate surface area is 391 Å². The standard InChI is InChI=1S/C52H68O11SSi/c1-52(2,3)65(6,7)63-47-29-45-49(35-59-51(62-45)38-23-25-39(54-4)26-24-38)60-44(47)27-41(64-40-21-15-10-16-22-40)33-58-42-28-43(57-32-37-19-13-9-14-20-37)48(61-46(42)30-50(53)55-5)34-56-31-36-17-11-8-12-18-36/h8-26,41-49,51H,27-35H2,1-7H3/t41?,42-,43+,44-,45-,46+,47+,48-,49+,51+/m0/s1. The molecule has 13 heteroatoms. The summed E-state index contributed by atoms with van der Waals surface area (Å²) in [5.74, 6) is 0.411. The molecule has 10 atom stereocenters. The number of methoxy groups -OCH3 is 2. The smallest absolute Gasteiger partial charge is 0.308 e. The van der Waals surface area contributed by atoms with Crippen LogP contribution in [0.3, 0.4) is 0 Å². The lowest BCUT2D eigenvalue weighted by Crippen LogP contribution is -2.57. The molecule has 352 valence electrons. The predicted molar refractivity (Wildman–Crippen MR) is 253 cm³/mol. The van der Waals surface area contributed by atoms with Crippen molar-refractivity contribution in [1.82, 2.24) is 0 Å². The van der Waals surface area contributed by atoms with Gasteiger partial charge >= 0.3 is 5.97 Å². The summed E-state index contributed by atoms with van der Waals surface area (Å²) >= 11 is 1.76. The molecule has 65 heavy (non-hydrogen) atoms. The molecule has 3 saturated heterocycles. The van der Waals surface area contributed by atoms with E-state index in [0.29, 0.717) is 45.7 Å². The van der Waals surface area contributed by atoms with E-state index >= 15 is 0 Å². The maximum absolute atomic E-state index is 13.0. The number of fused-ring (bicyclic) bond motifs is 1. The molecule has 1 unspecified atom stereocenters. The monoisotopic (exact) mass is 928 g/mol. The number of hydrogen-bond acceptors (Lipinski definition) is 12. The van der Waals surface area contributed by atoms with E-state index in [9.17, 15) is 4.79 Å². The Balaban J connectivity index is 1.10. The number of esters is 1. The minimum absolute atomic E-state index is 0.0168. The van der Waals surface area contributed by atoms with Gasteiger partial charge in [0, 0.05) is 28.6 Å². The molecule has 3 aliphatic rings. The maximum Gasteiger partial charge on any atom is 0.308 e. The van der Waals surface area contributed by atoms with E-state index < -0.39 is 32.9 Å². The second-order valence-electron chi connectivity index (χ2n) is 18.7. The van der Waals surface area contributed by atoms with Crippen LogP contribution >= 0.6 is 11.8 Å². The largest absolute Gasteiger partial charge is 0.497 e. The van der Waals surface area contributed by atoms with Crippen LogP contribution in [0.4, 0.5) is 0 Å². The highest BCUT2D eigenvalue weighted by molar-refractivity contribution is 8.00. The topological polar surface area (TPSA) is 109 Å². The molecule has 0 bridgehead atoms. The molecule has 0 aromatic heterocycles. The summed E-state index contributed by atoms with van der Waals surface area (Å²) in [4.78, 5) is 14.1. The third-order valence-corrected chi connectivity index (χ3v) is 18.7. The molecule has 0 aliphatic carbocycles. The normalized spacial score (nSPS) is 26.5. The summed E-state index contributed by atoms with van der Waals surface area (Å²) < 4.78 is 64.5. The Morgan fingerprint density at radius 3 is 2.02 bits per heavy atom. The van der Waals surface area contributed by atoms with Gasteiger partial charge in [-0.15, -0.1) is 11.8 Å². The van der Waals surface area contributed by atoms with Crippen molar-refractivity contribution in [2.75, 3.05) is 34.0 Å². The second-order valence-corrected chi connectivity index (χ2v) is 24.8. The van der Waals surface area contributed by atoms with Gasteiger partial charge in [-0.2, -0.15) is 0 Å². The Bertz CT molecular complexity index is 2020. The second kappa shape index (κ2) is 23.4. The lowest BCUT2D eigenvalue weighted by atomic mass is 9.94. The number of carbonyl (C=O) groups excluding carboxylic acids is 1. The predicted octanol–water partition coefficient (Wildman–Crippen LogP) is 10.1.